The highest BCUT2D eigenvalue weighted by molar-refractivity contribution is 5.70. The van der Waals surface area contributed by atoms with Crippen molar-refractivity contribution >= 4 is 12.1 Å². The van der Waals surface area contributed by atoms with Gasteiger partial charge in [0.05, 0.1) is 11.9 Å². The van der Waals surface area contributed by atoms with E-state index in [2.05, 4.69) is 10.3 Å². The number of nitrogens with one attached hydrogen (secondary N) is 1. The standard InChI is InChI=1S/C6H5FN2O/c7-5-3-8-2-1-6(5)9-4-10/h1-4H,(H,8,9,10). The molecule has 0 bridgehead atoms. The first-order valence-electron chi connectivity index (χ1n) is 2.64. The predicted octanol–water partition coefficient (Wildman–Crippen LogP) is 0.789. The highest BCUT2D eigenvalue weighted by atomic mass is 19.1. The minimum Gasteiger partial charge on any atom is -0.326 e. The Morgan fingerprint density at radius 1 is 1.70 bits per heavy atom. The molecule has 1 aromatic rings. The van der Waals surface area contributed by atoms with E-state index in [4.69, 9.17) is 0 Å². The second-order valence-electron chi connectivity index (χ2n) is 1.62. The minimum absolute atomic E-state index is 0.144. The summed E-state index contributed by atoms with van der Waals surface area (Å²) < 4.78 is 12.5. The Hall–Kier alpha value is -1.45. The van der Waals surface area contributed by atoms with Gasteiger partial charge in [-0.3, -0.25) is 9.78 Å². The Morgan fingerprint density at radius 2 is 2.50 bits per heavy atom. The molecule has 1 amide bonds. The summed E-state index contributed by atoms with van der Waals surface area (Å²) in [7, 11) is 0. The van der Waals surface area contributed by atoms with Crippen LogP contribution in [-0.2, 0) is 4.79 Å². The SMILES string of the molecule is O=CNc1ccncc1F. The number of nitrogens with zero attached hydrogens (tertiary/aromatic N) is 1. The van der Waals surface area contributed by atoms with Crippen molar-refractivity contribution in [2.24, 2.45) is 0 Å². The van der Waals surface area contributed by atoms with Gasteiger partial charge in [0, 0.05) is 6.20 Å². The Labute approximate surface area is 56.9 Å². The maximum atomic E-state index is 12.5. The molecule has 4 heteroatoms. The number of rotatable bonds is 2. The van der Waals surface area contributed by atoms with Crippen LogP contribution >= 0.6 is 0 Å². The van der Waals surface area contributed by atoms with Crippen LogP contribution in [0.2, 0.25) is 0 Å². The maximum Gasteiger partial charge on any atom is 0.211 e. The molecule has 1 heterocycles. The number of carbonyl (C=O) groups is 1. The monoisotopic (exact) mass is 140 g/mol. The average molecular weight is 140 g/mol. The number of aromatic nitrogens is 1. The molecule has 0 unspecified atom stereocenters. The fourth-order valence-electron chi connectivity index (χ4n) is 0.556. The van der Waals surface area contributed by atoms with Crippen LogP contribution in [0.25, 0.3) is 0 Å². The lowest BCUT2D eigenvalue weighted by molar-refractivity contribution is -0.105. The van der Waals surface area contributed by atoms with Gasteiger partial charge in [0.15, 0.2) is 5.82 Å². The molecular formula is C6H5FN2O. The van der Waals surface area contributed by atoms with Crippen molar-refractivity contribution in [2.75, 3.05) is 5.32 Å². The van der Waals surface area contributed by atoms with Crippen LogP contribution in [0.5, 0.6) is 0 Å². The van der Waals surface area contributed by atoms with Crippen LogP contribution in [0.15, 0.2) is 18.5 Å². The summed E-state index contributed by atoms with van der Waals surface area (Å²) in [6.45, 7) is 0. The zero-order valence-electron chi connectivity index (χ0n) is 5.04. The number of amides is 1. The van der Waals surface area contributed by atoms with E-state index in [0.717, 1.165) is 6.20 Å². The summed E-state index contributed by atoms with van der Waals surface area (Å²) in [5.74, 6) is -0.533. The van der Waals surface area contributed by atoms with E-state index in [0.29, 0.717) is 6.41 Å². The number of halogens is 1. The number of anilines is 1. The van der Waals surface area contributed by atoms with E-state index in [1.165, 1.54) is 12.3 Å². The molecule has 0 spiro atoms. The van der Waals surface area contributed by atoms with Crippen molar-refractivity contribution in [3.63, 3.8) is 0 Å². The number of pyridine rings is 1. The van der Waals surface area contributed by atoms with Gasteiger partial charge in [-0.1, -0.05) is 0 Å². The molecule has 0 aliphatic rings. The quantitative estimate of drug-likeness (QED) is 0.617. The highest BCUT2D eigenvalue weighted by Crippen LogP contribution is 2.08. The summed E-state index contributed by atoms with van der Waals surface area (Å²) in [6, 6.07) is 1.38. The lowest BCUT2D eigenvalue weighted by atomic mass is 10.4. The van der Waals surface area contributed by atoms with Crippen molar-refractivity contribution in [2.45, 2.75) is 0 Å². The minimum atomic E-state index is -0.533. The van der Waals surface area contributed by atoms with Crippen LogP contribution in [0.1, 0.15) is 0 Å². The molecule has 3 nitrogen and oxygen atoms in total. The first-order valence-corrected chi connectivity index (χ1v) is 2.64. The van der Waals surface area contributed by atoms with Gasteiger partial charge in [0.1, 0.15) is 0 Å². The Bertz CT molecular complexity index is 239. The highest BCUT2D eigenvalue weighted by Gasteiger charge is 1.96. The first-order chi connectivity index (χ1) is 4.84. The van der Waals surface area contributed by atoms with Crippen molar-refractivity contribution in [1.82, 2.24) is 4.98 Å². The second kappa shape index (κ2) is 2.91. The summed E-state index contributed by atoms with van der Waals surface area (Å²) in [4.78, 5) is 13.3. The molecule has 1 N–H and O–H groups in total. The summed E-state index contributed by atoms with van der Waals surface area (Å²) in [5.41, 5.74) is 0.144. The lowest BCUT2D eigenvalue weighted by Gasteiger charge is -1.96. The van der Waals surface area contributed by atoms with Crippen LogP contribution < -0.4 is 5.32 Å². The molecule has 0 aromatic carbocycles. The van der Waals surface area contributed by atoms with Gasteiger partial charge < -0.3 is 5.32 Å². The van der Waals surface area contributed by atoms with Crippen LogP contribution in [0.3, 0.4) is 0 Å². The van der Waals surface area contributed by atoms with Gasteiger partial charge in [-0.25, -0.2) is 4.39 Å². The summed E-state index contributed by atoms with van der Waals surface area (Å²) in [5, 5.41) is 2.18. The Balaban J connectivity index is 2.91. The molecule has 0 saturated carbocycles. The molecule has 0 saturated heterocycles. The maximum absolute atomic E-state index is 12.5. The molecule has 1 aromatic heterocycles. The van der Waals surface area contributed by atoms with Crippen molar-refractivity contribution in [3.8, 4) is 0 Å². The first kappa shape index (κ1) is 6.67. The van der Waals surface area contributed by atoms with Gasteiger partial charge in [-0.15, -0.1) is 0 Å². The van der Waals surface area contributed by atoms with Crippen molar-refractivity contribution in [1.29, 1.82) is 0 Å². The van der Waals surface area contributed by atoms with Crippen LogP contribution in [-0.4, -0.2) is 11.4 Å². The number of hydrogen-bond acceptors (Lipinski definition) is 2. The van der Waals surface area contributed by atoms with E-state index in [9.17, 15) is 9.18 Å². The van der Waals surface area contributed by atoms with E-state index >= 15 is 0 Å². The van der Waals surface area contributed by atoms with Gasteiger partial charge >= 0.3 is 0 Å². The van der Waals surface area contributed by atoms with E-state index in [1.807, 2.05) is 0 Å². The average Bonchev–Trinajstić information content (AvgIpc) is 1.94. The Morgan fingerprint density at radius 3 is 3.10 bits per heavy atom. The lowest BCUT2D eigenvalue weighted by Crippen LogP contribution is -1.96. The molecule has 10 heavy (non-hydrogen) atoms. The van der Waals surface area contributed by atoms with E-state index in [-0.39, 0.29) is 5.69 Å². The van der Waals surface area contributed by atoms with Gasteiger partial charge in [-0.2, -0.15) is 0 Å². The molecule has 0 aliphatic heterocycles. The van der Waals surface area contributed by atoms with Gasteiger partial charge in [0.2, 0.25) is 6.41 Å². The van der Waals surface area contributed by atoms with Gasteiger partial charge in [-0.05, 0) is 6.07 Å². The summed E-state index contributed by atoms with van der Waals surface area (Å²) >= 11 is 0. The van der Waals surface area contributed by atoms with Gasteiger partial charge in [0.25, 0.3) is 0 Å². The van der Waals surface area contributed by atoms with E-state index in [1.54, 1.807) is 0 Å². The third-order valence-corrected chi connectivity index (χ3v) is 0.987. The molecule has 0 aliphatic carbocycles. The summed E-state index contributed by atoms with van der Waals surface area (Å²) in [6.07, 6.45) is 2.85. The topological polar surface area (TPSA) is 42.0 Å². The molecule has 0 radical (unpaired) electrons. The second-order valence-corrected chi connectivity index (χ2v) is 1.62. The third kappa shape index (κ3) is 1.28. The van der Waals surface area contributed by atoms with E-state index < -0.39 is 5.82 Å². The normalized spacial score (nSPS) is 8.90. The largest absolute Gasteiger partial charge is 0.326 e. The fourth-order valence-corrected chi connectivity index (χ4v) is 0.556. The fraction of sp³-hybridized carbons (Fsp3) is 0. The molecular weight excluding hydrogens is 135 g/mol. The van der Waals surface area contributed by atoms with Crippen molar-refractivity contribution in [3.05, 3.63) is 24.3 Å². The number of carbonyl (C=O) groups excluding carboxylic acids is 1. The molecule has 52 valence electrons. The molecule has 1 rings (SSSR count). The zero-order chi connectivity index (χ0) is 7.40. The Kier molecular flexibility index (Phi) is 1.94. The predicted molar refractivity (Wildman–Crippen MR) is 33.9 cm³/mol. The van der Waals surface area contributed by atoms with Crippen molar-refractivity contribution < 1.29 is 9.18 Å². The van der Waals surface area contributed by atoms with Crippen LogP contribution in [0.4, 0.5) is 10.1 Å². The molecule has 0 atom stereocenters. The third-order valence-electron chi connectivity index (χ3n) is 0.987. The van der Waals surface area contributed by atoms with Crippen LogP contribution in [0, 0.1) is 5.82 Å². The zero-order valence-corrected chi connectivity index (χ0v) is 5.04. The molecule has 0 fully saturated rings. The number of hydrogen-bond donors (Lipinski definition) is 1. The smallest absolute Gasteiger partial charge is 0.211 e.